The number of hydrogen-bond donors (Lipinski definition) is 0. The Morgan fingerprint density at radius 3 is 1.30 bits per heavy atom. The summed E-state index contributed by atoms with van der Waals surface area (Å²) in [7, 11) is 0. The molecule has 0 unspecified atom stereocenters. The molecule has 0 aliphatic rings. The van der Waals surface area contributed by atoms with Crippen LogP contribution in [0.25, 0.3) is 0 Å². The van der Waals surface area contributed by atoms with Crippen LogP contribution in [0.5, 0.6) is 0 Å². The minimum atomic E-state index is 0.660. The van der Waals surface area contributed by atoms with Gasteiger partial charge in [-0.2, -0.15) is 0 Å². The van der Waals surface area contributed by atoms with Crippen LogP contribution in [0.3, 0.4) is 0 Å². The van der Waals surface area contributed by atoms with Gasteiger partial charge in [0.1, 0.15) is 0 Å². The maximum atomic E-state index is 2.30. The molecule has 20 heavy (non-hydrogen) atoms. The molecule has 2 aromatic rings. The van der Waals surface area contributed by atoms with E-state index in [2.05, 4.69) is 74.5 Å². The largest absolute Gasteiger partial charge is 0.122 e. The summed E-state index contributed by atoms with van der Waals surface area (Å²) >= 11 is 4.04. The molecule has 0 amide bonds. The smallest absolute Gasteiger partial charge is 0.0214 e. The van der Waals surface area contributed by atoms with Crippen LogP contribution >= 0.6 is 23.5 Å². The van der Waals surface area contributed by atoms with Gasteiger partial charge in [0, 0.05) is 20.3 Å². The van der Waals surface area contributed by atoms with Crippen LogP contribution in [0.15, 0.2) is 70.5 Å². The van der Waals surface area contributed by atoms with Gasteiger partial charge in [0.05, 0.1) is 0 Å². The molecule has 0 heterocycles. The van der Waals surface area contributed by atoms with E-state index in [0.717, 1.165) is 0 Å². The van der Waals surface area contributed by atoms with Crippen molar-refractivity contribution < 1.29 is 0 Å². The molecular formula is C18H22S2. The monoisotopic (exact) mass is 302 g/mol. The van der Waals surface area contributed by atoms with Crippen molar-refractivity contribution in [1.29, 1.82) is 0 Å². The van der Waals surface area contributed by atoms with Crippen LogP contribution in [0, 0.1) is 0 Å². The van der Waals surface area contributed by atoms with Gasteiger partial charge in [-0.05, 0) is 37.1 Å². The molecule has 2 rings (SSSR count). The van der Waals surface area contributed by atoms with Crippen molar-refractivity contribution >= 4 is 23.5 Å². The van der Waals surface area contributed by atoms with Crippen LogP contribution in [-0.2, 0) is 0 Å². The molecule has 0 aliphatic carbocycles. The summed E-state index contributed by atoms with van der Waals surface area (Å²) in [6, 6.07) is 21.5. The van der Waals surface area contributed by atoms with E-state index in [1.807, 2.05) is 23.5 Å². The summed E-state index contributed by atoms with van der Waals surface area (Å²) in [5.41, 5.74) is 0. The Hall–Kier alpha value is -0.860. The SMILES string of the molecule is CC[C@H](Sc1ccccc1)[C@@H](CC)Sc1ccccc1. The summed E-state index contributed by atoms with van der Waals surface area (Å²) < 4.78 is 0. The predicted octanol–water partition coefficient (Wildman–Crippen LogP) is 6.13. The summed E-state index contributed by atoms with van der Waals surface area (Å²) in [5.74, 6) is 0. The van der Waals surface area contributed by atoms with Crippen molar-refractivity contribution in [3.63, 3.8) is 0 Å². The molecule has 0 bridgehead atoms. The van der Waals surface area contributed by atoms with Crippen molar-refractivity contribution in [2.24, 2.45) is 0 Å². The fraction of sp³-hybridized carbons (Fsp3) is 0.333. The predicted molar refractivity (Wildman–Crippen MR) is 92.8 cm³/mol. The lowest BCUT2D eigenvalue weighted by atomic mass is 10.2. The van der Waals surface area contributed by atoms with Crippen LogP contribution in [0.1, 0.15) is 26.7 Å². The Bertz CT molecular complexity index is 434. The molecule has 2 atom stereocenters. The molecule has 0 N–H and O–H groups in total. The van der Waals surface area contributed by atoms with Gasteiger partial charge in [0.2, 0.25) is 0 Å². The molecule has 0 radical (unpaired) electrons. The number of hydrogen-bond acceptors (Lipinski definition) is 2. The Morgan fingerprint density at radius 2 is 1.00 bits per heavy atom. The Balaban J connectivity index is 2.04. The van der Waals surface area contributed by atoms with Gasteiger partial charge >= 0.3 is 0 Å². The Labute approximate surface area is 131 Å². The topological polar surface area (TPSA) is 0 Å². The zero-order chi connectivity index (χ0) is 14.2. The lowest BCUT2D eigenvalue weighted by Crippen LogP contribution is -2.18. The van der Waals surface area contributed by atoms with Crippen molar-refractivity contribution in [1.82, 2.24) is 0 Å². The lowest BCUT2D eigenvalue weighted by molar-refractivity contribution is 0.736. The summed E-state index contributed by atoms with van der Waals surface area (Å²) in [6.45, 7) is 4.60. The first-order valence-corrected chi connectivity index (χ1v) is 9.02. The van der Waals surface area contributed by atoms with Gasteiger partial charge in [-0.1, -0.05) is 50.2 Å². The molecule has 2 aromatic carbocycles. The quantitative estimate of drug-likeness (QED) is 0.564. The Kier molecular flexibility index (Phi) is 6.55. The van der Waals surface area contributed by atoms with Crippen LogP contribution < -0.4 is 0 Å². The Morgan fingerprint density at radius 1 is 0.650 bits per heavy atom. The highest BCUT2D eigenvalue weighted by Gasteiger charge is 2.20. The summed E-state index contributed by atoms with van der Waals surface area (Å²) in [4.78, 5) is 2.76. The molecule has 0 spiro atoms. The summed E-state index contributed by atoms with van der Waals surface area (Å²) in [6.07, 6.45) is 2.41. The van der Waals surface area contributed by atoms with Gasteiger partial charge in [-0.25, -0.2) is 0 Å². The number of rotatable bonds is 7. The maximum Gasteiger partial charge on any atom is 0.0214 e. The van der Waals surface area contributed by atoms with E-state index >= 15 is 0 Å². The first-order chi connectivity index (χ1) is 9.83. The standard InChI is InChI=1S/C18H22S2/c1-3-17(19-15-11-7-5-8-12-15)18(4-2)20-16-13-9-6-10-14-16/h5-14,17-18H,3-4H2,1-2H3/t17-,18+. The molecule has 0 saturated heterocycles. The van der Waals surface area contributed by atoms with Gasteiger partial charge in [-0.15, -0.1) is 23.5 Å². The zero-order valence-corrected chi connectivity index (χ0v) is 13.8. The van der Waals surface area contributed by atoms with Gasteiger partial charge < -0.3 is 0 Å². The van der Waals surface area contributed by atoms with Crippen LogP contribution in [-0.4, -0.2) is 10.5 Å². The van der Waals surface area contributed by atoms with E-state index in [-0.39, 0.29) is 0 Å². The van der Waals surface area contributed by atoms with E-state index in [1.165, 1.54) is 22.6 Å². The van der Waals surface area contributed by atoms with Crippen molar-refractivity contribution in [3.8, 4) is 0 Å². The molecule has 0 fully saturated rings. The maximum absolute atomic E-state index is 2.30. The average Bonchev–Trinajstić information content (AvgIpc) is 2.52. The first-order valence-electron chi connectivity index (χ1n) is 7.27. The molecule has 0 aromatic heterocycles. The van der Waals surface area contributed by atoms with E-state index in [9.17, 15) is 0 Å². The third kappa shape index (κ3) is 4.60. The second-order valence-corrected chi connectivity index (χ2v) is 7.38. The van der Waals surface area contributed by atoms with Crippen LogP contribution in [0.4, 0.5) is 0 Å². The normalized spacial score (nSPS) is 13.9. The molecule has 0 aliphatic heterocycles. The third-order valence-electron chi connectivity index (χ3n) is 3.28. The molecule has 106 valence electrons. The first kappa shape index (κ1) is 15.5. The highest BCUT2D eigenvalue weighted by molar-refractivity contribution is 8.03. The third-order valence-corrected chi connectivity index (χ3v) is 6.47. The van der Waals surface area contributed by atoms with Gasteiger partial charge in [-0.3, -0.25) is 0 Å². The van der Waals surface area contributed by atoms with Gasteiger partial charge in [0.25, 0.3) is 0 Å². The van der Waals surface area contributed by atoms with Gasteiger partial charge in [0.15, 0.2) is 0 Å². The van der Waals surface area contributed by atoms with E-state index in [1.54, 1.807) is 0 Å². The highest BCUT2D eigenvalue weighted by atomic mass is 32.2. The fourth-order valence-corrected chi connectivity index (χ4v) is 4.87. The second kappa shape index (κ2) is 8.43. The molecule has 0 saturated carbocycles. The minimum Gasteiger partial charge on any atom is -0.122 e. The number of thioether (sulfide) groups is 2. The van der Waals surface area contributed by atoms with E-state index < -0.39 is 0 Å². The molecule has 0 nitrogen and oxygen atoms in total. The minimum absolute atomic E-state index is 0.660. The average molecular weight is 303 g/mol. The van der Waals surface area contributed by atoms with Crippen molar-refractivity contribution in [3.05, 3.63) is 60.7 Å². The second-order valence-electron chi connectivity index (χ2n) is 4.76. The highest BCUT2D eigenvalue weighted by Crippen LogP contribution is 2.37. The zero-order valence-electron chi connectivity index (χ0n) is 12.2. The van der Waals surface area contributed by atoms with Crippen LogP contribution in [0.2, 0.25) is 0 Å². The lowest BCUT2D eigenvalue weighted by Gasteiger charge is -2.24. The number of benzene rings is 2. The molecular weight excluding hydrogens is 280 g/mol. The molecule has 2 heteroatoms. The van der Waals surface area contributed by atoms with Crippen molar-refractivity contribution in [2.45, 2.75) is 47.0 Å². The fourth-order valence-electron chi connectivity index (χ4n) is 2.19. The van der Waals surface area contributed by atoms with E-state index in [4.69, 9.17) is 0 Å². The van der Waals surface area contributed by atoms with E-state index in [0.29, 0.717) is 10.5 Å². The summed E-state index contributed by atoms with van der Waals surface area (Å²) in [5, 5.41) is 1.32. The van der Waals surface area contributed by atoms with Crippen molar-refractivity contribution in [2.75, 3.05) is 0 Å².